The van der Waals surface area contributed by atoms with E-state index in [0.717, 1.165) is 17.4 Å². The minimum atomic E-state index is -0.833. The molecular weight excluding hydrogens is 642 g/mol. The van der Waals surface area contributed by atoms with Crippen LogP contribution in [0.1, 0.15) is 59.0 Å². The van der Waals surface area contributed by atoms with Gasteiger partial charge in [-0.25, -0.2) is 18.4 Å². The number of carbonyl (C=O) groups is 2. The van der Waals surface area contributed by atoms with Crippen LogP contribution in [-0.4, -0.2) is 56.2 Å². The third-order valence-corrected chi connectivity index (χ3v) is 8.64. The summed E-state index contributed by atoms with van der Waals surface area (Å²) in [4.78, 5) is 26.9. The maximum absolute atomic E-state index is 16.2. The number of ether oxygens (including phenoxy) is 3. The molecule has 0 saturated carbocycles. The lowest BCUT2D eigenvalue weighted by Gasteiger charge is -2.34. The van der Waals surface area contributed by atoms with Gasteiger partial charge in [0.15, 0.2) is 11.6 Å². The smallest absolute Gasteiger partial charge is 0.412 e. The van der Waals surface area contributed by atoms with Crippen molar-refractivity contribution in [3.05, 3.63) is 46.2 Å². The lowest BCUT2D eigenvalue weighted by atomic mass is 9.96. The third-order valence-electron chi connectivity index (χ3n) is 7.17. The average molecular weight is 671 g/mol. The molecular formula is C31H29ClF2N6O5S. The summed E-state index contributed by atoms with van der Waals surface area (Å²) in [6.07, 6.45) is -1.35. The van der Waals surface area contributed by atoms with Gasteiger partial charge in [-0.1, -0.05) is 17.7 Å². The van der Waals surface area contributed by atoms with Crippen molar-refractivity contribution in [2.24, 2.45) is 0 Å². The molecule has 0 spiro atoms. The first kappa shape index (κ1) is 31.5. The van der Waals surface area contributed by atoms with E-state index in [1.807, 2.05) is 6.07 Å². The van der Waals surface area contributed by atoms with Gasteiger partial charge in [0.2, 0.25) is 0 Å². The van der Waals surface area contributed by atoms with Crippen LogP contribution < -0.4 is 10.1 Å². The molecule has 15 heteroatoms. The van der Waals surface area contributed by atoms with Crippen LogP contribution in [0.15, 0.2) is 18.2 Å². The molecule has 2 amide bonds. The minimum absolute atomic E-state index is 0.0176. The fourth-order valence-electron chi connectivity index (χ4n) is 5.47. The summed E-state index contributed by atoms with van der Waals surface area (Å²) >= 11 is 7.72. The molecule has 0 unspecified atom stereocenters. The number of halogens is 3. The molecule has 2 aromatic heterocycles. The number of nitrogens with one attached hydrogen (secondary N) is 1. The van der Waals surface area contributed by atoms with Crippen LogP contribution in [0.4, 0.5) is 23.4 Å². The average Bonchev–Trinajstić information content (AvgIpc) is 3.48. The van der Waals surface area contributed by atoms with Gasteiger partial charge in [-0.15, -0.1) is 21.5 Å². The Morgan fingerprint density at radius 2 is 1.83 bits per heavy atom. The molecule has 4 aromatic rings. The number of carbonyl (C=O) groups excluding carboxylic acids is 2. The fourth-order valence-corrected chi connectivity index (χ4v) is 6.89. The van der Waals surface area contributed by atoms with E-state index in [4.69, 9.17) is 25.8 Å². The number of nitrogens with zero attached hydrogens (tertiary/aromatic N) is 5. The van der Waals surface area contributed by atoms with Crippen molar-refractivity contribution in [3.8, 4) is 34.3 Å². The van der Waals surface area contributed by atoms with E-state index >= 15 is 8.78 Å². The Morgan fingerprint density at radius 3 is 2.50 bits per heavy atom. The van der Waals surface area contributed by atoms with E-state index in [2.05, 4.69) is 15.5 Å². The number of rotatable bonds is 2. The predicted molar refractivity (Wildman–Crippen MR) is 167 cm³/mol. The number of anilines is 1. The molecule has 11 nitrogen and oxygen atoms in total. The fraction of sp³-hybridized carbons (Fsp3) is 0.387. The number of amides is 2. The van der Waals surface area contributed by atoms with Gasteiger partial charge in [0.1, 0.15) is 46.3 Å². The lowest BCUT2D eigenvalue weighted by molar-refractivity contribution is 0.0144. The van der Waals surface area contributed by atoms with Crippen LogP contribution >= 0.6 is 22.9 Å². The SMILES string of the molecule is CC(C)(C)OC(=O)Nc1sc2c(F)ccc(-c3c(F)cc4c(c3Cl)OC[C@@H]3CN(C(=O)OC(C)(C)C)Cc5nnc-4n53)c2c1C#N. The zero-order valence-electron chi connectivity index (χ0n) is 25.8. The number of thiophene rings is 1. The van der Waals surface area contributed by atoms with Crippen molar-refractivity contribution in [2.75, 3.05) is 18.5 Å². The highest BCUT2D eigenvalue weighted by atomic mass is 35.5. The van der Waals surface area contributed by atoms with Crippen molar-refractivity contribution in [3.63, 3.8) is 0 Å². The molecule has 240 valence electrons. The van der Waals surface area contributed by atoms with E-state index < -0.39 is 41.1 Å². The summed E-state index contributed by atoms with van der Waals surface area (Å²) in [6.45, 7) is 10.8. The van der Waals surface area contributed by atoms with Gasteiger partial charge in [-0.05, 0) is 59.2 Å². The number of aromatic nitrogens is 3. The molecule has 2 aromatic carbocycles. The maximum atomic E-state index is 16.2. The predicted octanol–water partition coefficient (Wildman–Crippen LogP) is 7.66. The number of fused-ring (bicyclic) bond motifs is 3. The normalized spacial score (nSPS) is 15.7. The highest BCUT2D eigenvalue weighted by molar-refractivity contribution is 7.23. The van der Waals surface area contributed by atoms with E-state index in [1.165, 1.54) is 17.0 Å². The highest BCUT2D eigenvalue weighted by Crippen LogP contribution is 2.50. The first-order valence-corrected chi connectivity index (χ1v) is 15.5. The van der Waals surface area contributed by atoms with Gasteiger partial charge in [-0.3, -0.25) is 10.2 Å². The van der Waals surface area contributed by atoms with E-state index in [1.54, 1.807) is 46.1 Å². The minimum Gasteiger partial charge on any atom is -0.489 e. The number of hydrogen-bond acceptors (Lipinski definition) is 9. The van der Waals surface area contributed by atoms with Gasteiger partial charge in [0.25, 0.3) is 0 Å². The molecule has 46 heavy (non-hydrogen) atoms. The van der Waals surface area contributed by atoms with Crippen molar-refractivity contribution in [1.29, 1.82) is 5.26 Å². The van der Waals surface area contributed by atoms with Crippen LogP contribution in [0.5, 0.6) is 5.75 Å². The summed E-state index contributed by atoms with van der Waals surface area (Å²) in [5.41, 5.74) is -1.35. The first-order valence-electron chi connectivity index (χ1n) is 14.3. The van der Waals surface area contributed by atoms with Crippen LogP contribution in [0.3, 0.4) is 0 Å². The van der Waals surface area contributed by atoms with Crippen LogP contribution in [-0.2, 0) is 16.0 Å². The molecule has 1 N–H and O–H groups in total. The molecule has 0 saturated heterocycles. The summed E-state index contributed by atoms with van der Waals surface area (Å²) in [7, 11) is 0. The quantitative estimate of drug-likeness (QED) is 0.230. The Hall–Kier alpha value is -4.48. The van der Waals surface area contributed by atoms with Crippen molar-refractivity contribution >= 4 is 50.2 Å². The molecule has 4 heterocycles. The molecule has 0 aliphatic carbocycles. The van der Waals surface area contributed by atoms with Crippen LogP contribution in [0.25, 0.3) is 32.6 Å². The summed E-state index contributed by atoms with van der Waals surface area (Å²) in [5, 5.41) is 21.2. The van der Waals surface area contributed by atoms with Gasteiger partial charge in [0, 0.05) is 17.5 Å². The summed E-state index contributed by atoms with van der Waals surface area (Å²) in [6, 6.07) is 5.26. The Kier molecular flexibility index (Phi) is 7.60. The largest absolute Gasteiger partial charge is 0.489 e. The second kappa shape index (κ2) is 11.1. The van der Waals surface area contributed by atoms with E-state index in [9.17, 15) is 14.9 Å². The Morgan fingerprint density at radius 1 is 1.11 bits per heavy atom. The zero-order chi connectivity index (χ0) is 33.3. The van der Waals surface area contributed by atoms with Crippen molar-refractivity contribution in [1.82, 2.24) is 19.7 Å². The second-order valence-corrected chi connectivity index (χ2v) is 14.3. The second-order valence-electron chi connectivity index (χ2n) is 12.9. The van der Waals surface area contributed by atoms with Crippen molar-refractivity contribution in [2.45, 2.75) is 65.3 Å². The molecule has 0 bridgehead atoms. The lowest BCUT2D eigenvalue weighted by Crippen LogP contribution is -2.44. The molecule has 6 rings (SSSR count). The molecule has 2 aliphatic rings. The van der Waals surface area contributed by atoms with Crippen molar-refractivity contribution < 1.29 is 32.6 Å². The van der Waals surface area contributed by atoms with Crippen LogP contribution in [0, 0.1) is 23.0 Å². The van der Waals surface area contributed by atoms with Crippen LogP contribution in [0.2, 0.25) is 5.02 Å². The topological polar surface area (TPSA) is 132 Å². The summed E-state index contributed by atoms with van der Waals surface area (Å²) in [5.74, 6) is -0.554. The zero-order valence-corrected chi connectivity index (χ0v) is 27.3. The molecule has 2 aliphatic heterocycles. The standard InChI is InChI=1S/C31H29ClF2N6O5S/c1-30(2,3)44-28(41)36-27-17(10-35)21-15(7-8-18(33)25(21)46-27)22-19(34)9-16-24(23(22)32)43-13-14-11-39(29(42)45-31(4,5)6)12-20-37-38-26(16)40(14)20/h7-9,14H,11-13H2,1-6H3,(H,36,41)/t14-/m0/s1. The Balaban J connectivity index is 1.43. The van der Waals surface area contributed by atoms with Gasteiger partial charge in [0.05, 0.1) is 33.4 Å². The van der Waals surface area contributed by atoms with Gasteiger partial charge in [-0.2, -0.15) is 5.26 Å². The number of hydrogen-bond donors (Lipinski definition) is 1. The monoisotopic (exact) mass is 670 g/mol. The number of nitriles is 1. The number of benzene rings is 2. The molecule has 0 radical (unpaired) electrons. The third kappa shape index (κ3) is 5.58. The summed E-state index contributed by atoms with van der Waals surface area (Å²) < 4.78 is 50.2. The molecule has 1 atom stereocenters. The Bertz CT molecular complexity index is 1970. The molecule has 0 fully saturated rings. The van der Waals surface area contributed by atoms with E-state index in [0.29, 0.717) is 11.6 Å². The maximum Gasteiger partial charge on any atom is 0.412 e. The highest BCUT2D eigenvalue weighted by Gasteiger charge is 2.38. The first-order chi connectivity index (χ1) is 21.6. The van der Waals surface area contributed by atoms with E-state index in [-0.39, 0.29) is 67.8 Å². The Labute approximate surface area is 271 Å². The van der Waals surface area contributed by atoms with Gasteiger partial charge < -0.3 is 18.8 Å². The van der Waals surface area contributed by atoms with Gasteiger partial charge >= 0.3 is 12.2 Å².